The standard InChI is InChI=1S/C15H22FN3O2/c1-3-17-14-13(16)12(6-7-18-14)15(20)19-8-4-5-11(9-19)10-21-2/h6-7,11H,3-5,8-10H2,1-2H3,(H,17,18). The summed E-state index contributed by atoms with van der Waals surface area (Å²) in [6.45, 7) is 4.32. The largest absolute Gasteiger partial charge is 0.384 e. The van der Waals surface area contributed by atoms with Gasteiger partial charge in [0.05, 0.1) is 12.2 Å². The van der Waals surface area contributed by atoms with Gasteiger partial charge < -0.3 is 15.0 Å². The molecule has 5 nitrogen and oxygen atoms in total. The van der Waals surface area contributed by atoms with E-state index in [0.29, 0.717) is 32.2 Å². The number of methoxy groups -OCH3 is 1. The van der Waals surface area contributed by atoms with Crippen LogP contribution in [0.2, 0.25) is 0 Å². The minimum Gasteiger partial charge on any atom is -0.384 e. The topological polar surface area (TPSA) is 54.5 Å². The number of hydrogen-bond acceptors (Lipinski definition) is 4. The van der Waals surface area contributed by atoms with Gasteiger partial charge in [-0.25, -0.2) is 9.37 Å². The predicted molar refractivity (Wildman–Crippen MR) is 78.9 cm³/mol. The number of rotatable bonds is 5. The molecule has 2 heterocycles. The smallest absolute Gasteiger partial charge is 0.257 e. The normalized spacial score (nSPS) is 18.6. The maximum Gasteiger partial charge on any atom is 0.257 e. The van der Waals surface area contributed by atoms with E-state index in [1.807, 2.05) is 6.92 Å². The Labute approximate surface area is 124 Å². The third kappa shape index (κ3) is 3.69. The molecule has 1 aromatic rings. The molecule has 1 N–H and O–H groups in total. The highest BCUT2D eigenvalue weighted by molar-refractivity contribution is 5.95. The Morgan fingerprint density at radius 2 is 2.43 bits per heavy atom. The highest BCUT2D eigenvalue weighted by Crippen LogP contribution is 2.21. The van der Waals surface area contributed by atoms with Crippen LogP contribution in [0.3, 0.4) is 0 Å². The zero-order valence-corrected chi connectivity index (χ0v) is 12.6. The van der Waals surface area contributed by atoms with Crippen LogP contribution in [0.4, 0.5) is 10.2 Å². The number of piperidine rings is 1. The Kier molecular flexibility index (Phi) is 5.50. The number of amides is 1. The molecule has 6 heteroatoms. The number of halogens is 1. The molecule has 116 valence electrons. The molecule has 21 heavy (non-hydrogen) atoms. The number of nitrogens with zero attached hydrogens (tertiary/aromatic N) is 2. The van der Waals surface area contributed by atoms with E-state index in [4.69, 9.17) is 4.74 Å². The summed E-state index contributed by atoms with van der Waals surface area (Å²) >= 11 is 0. The lowest BCUT2D eigenvalue weighted by Gasteiger charge is -2.32. The highest BCUT2D eigenvalue weighted by atomic mass is 19.1. The van der Waals surface area contributed by atoms with Crippen molar-refractivity contribution in [2.45, 2.75) is 19.8 Å². The average Bonchev–Trinajstić information content (AvgIpc) is 2.50. The molecule has 1 unspecified atom stereocenters. The van der Waals surface area contributed by atoms with Gasteiger partial charge in [-0.05, 0) is 31.7 Å². The molecule has 1 atom stereocenters. The van der Waals surface area contributed by atoms with E-state index in [1.165, 1.54) is 12.3 Å². The van der Waals surface area contributed by atoms with Crippen molar-refractivity contribution in [3.63, 3.8) is 0 Å². The van der Waals surface area contributed by atoms with Crippen LogP contribution in [0, 0.1) is 11.7 Å². The molecule has 0 bridgehead atoms. The number of ether oxygens (including phenoxy) is 1. The van der Waals surface area contributed by atoms with Gasteiger partial charge >= 0.3 is 0 Å². The summed E-state index contributed by atoms with van der Waals surface area (Å²) in [6, 6.07) is 1.44. The molecule has 0 aromatic carbocycles. The van der Waals surface area contributed by atoms with Crippen LogP contribution in [0.15, 0.2) is 12.3 Å². The van der Waals surface area contributed by atoms with Gasteiger partial charge in [0.1, 0.15) is 0 Å². The third-order valence-corrected chi connectivity index (χ3v) is 3.67. The van der Waals surface area contributed by atoms with Crippen molar-refractivity contribution in [3.8, 4) is 0 Å². The Balaban J connectivity index is 2.14. The Morgan fingerprint density at radius 3 is 3.14 bits per heavy atom. The Hall–Kier alpha value is -1.69. The monoisotopic (exact) mass is 295 g/mol. The first-order valence-corrected chi connectivity index (χ1v) is 7.34. The van der Waals surface area contributed by atoms with Crippen LogP contribution in [-0.2, 0) is 4.74 Å². The number of pyridine rings is 1. The first kappa shape index (κ1) is 15.7. The molecular weight excluding hydrogens is 273 g/mol. The molecule has 1 aliphatic rings. The number of carbonyl (C=O) groups is 1. The van der Waals surface area contributed by atoms with Crippen LogP contribution < -0.4 is 5.32 Å². The van der Waals surface area contributed by atoms with Crippen LogP contribution in [0.5, 0.6) is 0 Å². The van der Waals surface area contributed by atoms with Gasteiger partial charge in [0.15, 0.2) is 11.6 Å². The van der Waals surface area contributed by atoms with Gasteiger partial charge in [-0.15, -0.1) is 0 Å². The molecule has 1 saturated heterocycles. The average molecular weight is 295 g/mol. The van der Waals surface area contributed by atoms with Crippen molar-refractivity contribution in [2.75, 3.05) is 38.7 Å². The van der Waals surface area contributed by atoms with E-state index in [0.717, 1.165) is 12.8 Å². The van der Waals surface area contributed by atoms with Gasteiger partial charge in [0, 0.05) is 32.9 Å². The zero-order chi connectivity index (χ0) is 15.2. The van der Waals surface area contributed by atoms with Crippen molar-refractivity contribution < 1.29 is 13.9 Å². The first-order chi connectivity index (χ1) is 10.2. The molecule has 1 aromatic heterocycles. The lowest BCUT2D eigenvalue weighted by atomic mass is 9.98. The maximum absolute atomic E-state index is 14.3. The van der Waals surface area contributed by atoms with Crippen molar-refractivity contribution in [1.29, 1.82) is 0 Å². The van der Waals surface area contributed by atoms with Crippen LogP contribution >= 0.6 is 0 Å². The minimum atomic E-state index is -0.571. The van der Waals surface area contributed by atoms with E-state index >= 15 is 0 Å². The van der Waals surface area contributed by atoms with Crippen molar-refractivity contribution in [3.05, 3.63) is 23.6 Å². The van der Waals surface area contributed by atoms with Gasteiger partial charge in [-0.1, -0.05) is 0 Å². The van der Waals surface area contributed by atoms with Gasteiger partial charge in [-0.2, -0.15) is 0 Å². The molecule has 1 amide bonds. The molecule has 1 fully saturated rings. The van der Waals surface area contributed by atoms with Crippen LogP contribution in [0.25, 0.3) is 0 Å². The zero-order valence-electron chi connectivity index (χ0n) is 12.6. The Bertz CT molecular complexity index is 494. The summed E-state index contributed by atoms with van der Waals surface area (Å²) in [6.07, 6.45) is 3.43. The fourth-order valence-corrected chi connectivity index (χ4v) is 2.69. The number of nitrogens with one attached hydrogen (secondary N) is 1. The van der Waals surface area contributed by atoms with Crippen molar-refractivity contribution >= 4 is 11.7 Å². The number of anilines is 1. The van der Waals surface area contributed by atoms with Crippen LogP contribution in [0.1, 0.15) is 30.1 Å². The second-order valence-corrected chi connectivity index (χ2v) is 5.27. The second-order valence-electron chi connectivity index (χ2n) is 5.27. The molecular formula is C15H22FN3O2. The fourth-order valence-electron chi connectivity index (χ4n) is 2.69. The first-order valence-electron chi connectivity index (χ1n) is 7.34. The van der Waals surface area contributed by atoms with Gasteiger partial charge in [0.2, 0.25) is 0 Å². The molecule has 0 aliphatic carbocycles. The summed E-state index contributed by atoms with van der Waals surface area (Å²) in [5.41, 5.74) is 0.0824. The van der Waals surface area contributed by atoms with Crippen LogP contribution in [-0.4, -0.2) is 49.1 Å². The number of carbonyl (C=O) groups excluding carboxylic acids is 1. The quantitative estimate of drug-likeness (QED) is 0.904. The van der Waals surface area contributed by atoms with E-state index in [1.54, 1.807) is 12.0 Å². The van der Waals surface area contributed by atoms with Crippen molar-refractivity contribution in [1.82, 2.24) is 9.88 Å². The molecule has 2 rings (SSSR count). The number of aromatic nitrogens is 1. The van der Waals surface area contributed by atoms with Gasteiger partial charge in [0.25, 0.3) is 5.91 Å². The maximum atomic E-state index is 14.3. The van der Waals surface area contributed by atoms with E-state index in [9.17, 15) is 9.18 Å². The molecule has 0 spiro atoms. The SMILES string of the molecule is CCNc1nccc(C(=O)N2CCCC(COC)C2)c1F. The number of hydrogen-bond donors (Lipinski definition) is 1. The molecule has 1 aliphatic heterocycles. The predicted octanol–water partition coefficient (Wildman–Crippen LogP) is 2.15. The second kappa shape index (κ2) is 7.36. The third-order valence-electron chi connectivity index (χ3n) is 3.67. The minimum absolute atomic E-state index is 0.0824. The van der Waals surface area contributed by atoms with E-state index in [2.05, 4.69) is 10.3 Å². The summed E-state index contributed by atoms with van der Waals surface area (Å²) < 4.78 is 19.5. The molecule has 0 radical (unpaired) electrons. The summed E-state index contributed by atoms with van der Waals surface area (Å²) in [5.74, 6) is -0.382. The summed E-state index contributed by atoms with van der Waals surface area (Å²) in [7, 11) is 1.66. The lowest BCUT2D eigenvalue weighted by Crippen LogP contribution is -2.41. The fraction of sp³-hybridized carbons (Fsp3) is 0.600. The van der Waals surface area contributed by atoms with Crippen molar-refractivity contribution in [2.24, 2.45) is 5.92 Å². The number of likely N-dealkylation sites (tertiary alicyclic amines) is 1. The Morgan fingerprint density at radius 1 is 1.62 bits per heavy atom. The van der Waals surface area contributed by atoms with E-state index < -0.39 is 5.82 Å². The van der Waals surface area contributed by atoms with E-state index in [-0.39, 0.29) is 17.3 Å². The highest BCUT2D eigenvalue weighted by Gasteiger charge is 2.27. The van der Waals surface area contributed by atoms with Gasteiger partial charge in [-0.3, -0.25) is 4.79 Å². The lowest BCUT2D eigenvalue weighted by molar-refractivity contribution is 0.0567. The summed E-state index contributed by atoms with van der Waals surface area (Å²) in [4.78, 5) is 18.1. The molecule has 0 saturated carbocycles. The summed E-state index contributed by atoms with van der Waals surface area (Å²) in [5, 5.41) is 2.83.